The van der Waals surface area contributed by atoms with Crippen molar-refractivity contribution in [3.05, 3.63) is 46.6 Å². The second-order valence-corrected chi connectivity index (χ2v) is 4.80. The molecule has 0 saturated heterocycles. The summed E-state index contributed by atoms with van der Waals surface area (Å²) in [6.45, 7) is 8.60. The molecule has 4 nitrogen and oxygen atoms in total. The lowest BCUT2D eigenvalue weighted by Gasteiger charge is -2.23. The van der Waals surface area contributed by atoms with Gasteiger partial charge in [-0.25, -0.2) is 0 Å². The number of nitriles is 1. The van der Waals surface area contributed by atoms with Crippen LogP contribution in [0.1, 0.15) is 29.3 Å². The van der Waals surface area contributed by atoms with Crippen molar-refractivity contribution in [2.75, 3.05) is 11.4 Å². The van der Waals surface area contributed by atoms with Crippen LogP contribution in [-0.4, -0.2) is 16.7 Å². The number of aryl methyl sites for hydroxylation is 2. The van der Waals surface area contributed by atoms with Gasteiger partial charge in [0.25, 0.3) is 0 Å². The number of aromatic nitrogens is 2. The van der Waals surface area contributed by atoms with Gasteiger partial charge in [0.2, 0.25) is 0 Å². The van der Waals surface area contributed by atoms with Crippen LogP contribution in [0, 0.1) is 32.1 Å². The maximum absolute atomic E-state index is 9.41. The molecule has 0 unspecified atom stereocenters. The van der Waals surface area contributed by atoms with Crippen molar-refractivity contribution in [1.82, 2.24) is 10.2 Å². The van der Waals surface area contributed by atoms with Crippen molar-refractivity contribution in [2.24, 2.45) is 0 Å². The van der Waals surface area contributed by atoms with Crippen molar-refractivity contribution in [2.45, 2.75) is 27.7 Å². The van der Waals surface area contributed by atoms with E-state index >= 15 is 0 Å². The van der Waals surface area contributed by atoms with Crippen LogP contribution in [0.2, 0.25) is 0 Å². The van der Waals surface area contributed by atoms with E-state index in [4.69, 9.17) is 0 Å². The van der Waals surface area contributed by atoms with Gasteiger partial charge in [-0.1, -0.05) is 17.7 Å². The molecule has 1 aromatic carbocycles. The van der Waals surface area contributed by atoms with Crippen LogP contribution in [0.15, 0.2) is 24.3 Å². The van der Waals surface area contributed by atoms with Crippen molar-refractivity contribution in [3.8, 4) is 6.07 Å². The van der Waals surface area contributed by atoms with E-state index in [2.05, 4.69) is 35.3 Å². The highest BCUT2D eigenvalue weighted by molar-refractivity contribution is 5.67. The Hall–Kier alpha value is -2.41. The smallest absolute Gasteiger partial charge is 0.173 e. The molecular weight excluding hydrogens is 248 g/mol. The summed E-state index contributed by atoms with van der Waals surface area (Å²) in [6, 6.07) is 10.4. The molecule has 1 aromatic heterocycles. The lowest BCUT2D eigenvalue weighted by atomic mass is 10.1. The van der Waals surface area contributed by atoms with E-state index in [9.17, 15) is 5.26 Å². The molecule has 20 heavy (non-hydrogen) atoms. The van der Waals surface area contributed by atoms with Crippen molar-refractivity contribution >= 4 is 11.5 Å². The van der Waals surface area contributed by atoms with Crippen LogP contribution < -0.4 is 4.90 Å². The Balaban J connectivity index is 2.56. The van der Waals surface area contributed by atoms with Crippen LogP contribution in [0.4, 0.5) is 11.5 Å². The Morgan fingerprint density at radius 3 is 2.30 bits per heavy atom. The Morgan fingerprint density at radius 1 is 1.10 bits per heavy atom. The third-order valence-corrected chi connectivity index (χ3v) is 3.47. The second kappa shape index (κ2) is 5.70. The number of rotatable bonds is 3. The molecule has 0 saturated carbocycles. The van der Waals surface area contributed by atoms with E-state index in [1.165, 1.54) is 5.56 Å². The summed E-state index contributed by atoms with van der Waals surface area (Å²) >= 11 is 0. The van der Waals surface area contributed by atoms with Gasteiger partial charge in [0.15, 0.2) is 5.82 Å². The SMILES string of the molecule is CCN(c1ccc(C)cc1)c1nnc(C)c(C)c1C#N. The molecular formula is C16H18N4. The first kappa shape index (κ1) is 14.0. The molecule has 0 aliphatic heterocycles. The molecule has 2 rings (SSSR count). The second-order valence-electron chi connectivity index (χ2n) is 4.80. The zero-order valence-corrected chi connectivity index (χ0v) is 12.3. The molecule has 2 aromatic rings. The molecule has 0 aliphatic carbocycles. The van der Waals surface area contributed by atoms with E-state index in [0.717, 1.165) is 23.5 Å². The number of benzene rings is 1. The zero-order valence-electron chi connectivity index (χ0n) is 12.3. The monoisotopic (exact) mass is 266 g/mol. The van der Waals surface area contributed by atoms with E-state index in [0.29, 0.717) is 11.4 Å². The topological polar surface area (TPSA) is 52.8 Å². The lowest BCUT2D eigenvalue weighted by Crippen LogP contribution is -2.20. The van der Waals surface area contributed by atoms with Gasteiger partial charge in [0, 0.05) is 12.2 Å². The van der Waals surface area contributed by atoms with Crippen molar-refractivity contribution in [1.29, 1.82) is 5.26 Å². The lowest BCUT2D eigenvalue weighted by molar-refractivity contribution is 0.895. The molecule has 0 bridgehead atoms. The van der Waals surface area contributed by atoms with Crippen LogP contribution in [0.25, 0.3) is 0 Å². The highest BCUT2D eigenvalue weighted by Gasteiger charge is 2.17. The van der Waals surface area contributed by atoms with E-state index in [1.807, 2.05) is 37.8 Å². The van der Waals surface area contributed by atoms with Crippen LogP contribution in [0.5, 0.6) is 0 Å². The van der Waals surface area contributed by atoms with Gasteiger partial charge in [-0.2, -0.15) is 10.4 Å². The first-order chi connectivity index (χ1) is 9.58. The summed E-state index contributed by atoms with van der Waals surface area (Å²) in [7, 11) is 0. The summed E-state index contributed by atoms with van der Waals surface area (Å²) < 4.78 is 0. The van der Waals surface area contributed by atoms with Crippen LogP contribution in [0.3, 0.4) is 0 Å². The Morgan fingerprint density at radius 2 is 1.75 bits per heavy atom. The van der Waals surface area contributed by atoms with Gasteiger partial charge in [0.05, 0.1) is 5.69 Å². The number of anilines is 2. The predicted molar refractivity (Wildman–Crippen MR) is 80.1 cm³/mol. The van der Waals surface area contributed by atoms with Gasteiger partial charge in [0.1, 0.15) is 11.6 Å². The standard InChI is InChI=1S/C16H18N4/c1-5-20(14-8-6-11(2)7-9-14)16-15(10-17)12(3)13(4)18-19-16/h6-9H,5H2,1-4H3. The highest BCUT2D eigenvalue weighted by atomic mass is 15.3. The molecule has 102 valence electrons. The summed E-state index contributed by atoms with van der Waals surface area (Å²) in [5.74, 6) is 0.627. The molecule has 1 heterocycles. The Bertz CT molecular complexity index is 653. The normalized spacial score (nSPS) is 10.2. The van der Waals surface area contributed by atoms with Gasteiger partial charge in [-0.3, -0.25) is 0 Å². The van der Waals surface area contributed by atoms with Crippen molar-refractivity contribution < 1.29 is 0 Å². The van der Waals surface area contributed by atoms with Gasteiger partial charge >= 0.3 is 0 Å². The fourth-order valence-corrected chi connectivity index (χ4v) is 2.10. The molecule has 0 amide bonds. The van der Waals surface area contributed by atoms with Gasteiger partial charge < -0.3 is 4.90 Å². The number of hydrogen-bond donors (Lipinski definition) is 0. The minimum absolute atomic E-state index is 0.597. The summed E-state index contributed by atoms with van der Waals surface area (Å²) in [4.78, 5) is 2.01. The van der Waals surface area contributed by atoms with Crippen LogP contribution >= 0.6 is 0 Å². The fourth-order valence-electron chi connectivity index (χ4n) is 2.10. The van der Waals surface area contributed by atoms with E-state index in [-0.39, 0.29) is 0 Å². The average molecular weight is 266 g/mol. The van der Waals surface area contributed by atoms with Crippen LogP contribution in [-0.2, 0) is 0 Å². The Labute approximate surface area is 119 Å². The van der Waals surface area contributed by atoms with Gasteiger partial charge in [-0.05, 0) is 45.4 Å². The first-order valence-corrected chi connectivity index (χ1v) is 6.66. The molecule has 0 aliphatic rings. The molecule has 0 atom stereocenters. The molecule has 0 spiro atoms. The van der Waals surface area contributed by atoms with E-state index in [1.54, 1.807) is 0 Å². The predicted octanol–water partition coefficient (Wildman–Crippen LogP) is 3.43. The van der Waals surface area contributed by atoms with Crippen molar-refractivity contribution in [3.63, 3.8) is 0 Å². The number of nitrogens with zero attached hydrogens (tertiary/aromatic N) is 4. The minimum Gasteiger partial charge on any atom is -0.324 e. The maximum atomic E-state index is 9.41. The quantitative estimate of drug-likeness (QED) is 0.854. The highest BCUT2D eigenvalue weighted by Crippen LogP contribution is 2.28. The Kier molecular flexibility index (Phi) is 3.99. The third-order valence-electron chi connectivity index (χ3n) is 3.47. The maximum Gasteiger partial charge on any atom is 0.173 e. The summed E-state index contributed by atoms with van der Waals surface area (Å²) in [5, 5.41) is 17.8. The first-order valence-electron chi connectivity index (χ1n) is 6.66. The summed E-state index contributed by atoms with van der Waals surface area (Å²) in [5.41, 5.74) is 4.51. The largest absolute Gasteiger partial charge is 0.324 e. The summed E-state index contributed by atoms with van der Waals surface area (Å²) in [6.07, 6.45) is 0. The molecule has 0 N–H and O–H groups in total. The fraction of sp³-hybridized carbons (Fsp3) is 0.312. The third kappa shape index (κ3) is 2.48. The average Bonchev–Trinajstić information content (AvgIpc) is 2.45. The number of hydrogen-bond acceptors (Lipinski definition) is 4. The van der Waals surface area contributed by atoms with E-state index < -0.39 is 0 Å². The minimum atomic E-state index is 0.597. The zero-order chi connectivity index (χ0) is 14.7. The van der Waals surface area contributed by atoms with Gasteiger partial charge in [-0.15, -0.1) is 5.10 Å². The molecule has 4 heteroatoms. The molecule has 0 fully saturated rings. The molecule has 0 radical (unpaired) electrons.